The van der Waals surface area contributed by atoms with Crippen molar-refractivity contribution in [2.75, 3.05) is 40.0 Å². The smallest absolute Gasteiger partial charge is 1.00 e. The summed E-state index contributed by atoms with van der Waals surface area (Å²) >= 11 is 0. The second kappa shape index (κ2) is 18.1. The Morgan fingerprint density at radius 3 is 1.74 bits per heavy atom. The van der Waals surface area contributed by atoms with Crippen LogP contribution in [0.5, 0.6) is 0 Å². The van der Waals surface area contributed by atoms with Gasteiger partial charge in [-0.15, -0.1) is 0 Å². The Hall–Kier alpha value is -1.46. The van der Waals surface area contributed by atoms with Gasteiger partial charge in [-0.3, -0.25) is 9.80 Å². The molecular formula is C27H50AlLiN2O8. The maximum Gasteiger partial charge on any atom is 1.00 e. The number of aliphatic hydroxyl groups excluding tert-OH is 1. The van der Waals surface area contributed by atoms with Gasteiger partial charge in [0.1, 0.15) is 17.2 Å². The molecule has 39 heavy (non-hydrogen) atoms. The molecule has 1 N–H and O–H groups in total. The number of esters is 1. The van der Waals surface area contributed by atoms with Crippen molar-refractivity contribution in [3.63, 3.8) is 0 Å². The summed E-state index contributed by atoms with van der Waals surface area (Å²) in [6.07, 6.45) is 2.77. The number of methoxy groups -OCH3 is 1. The molecule has 3 aliphatic heterocycles. The molecule has 12 heteroatoms. The Balaban J connectivity index is -0.000000548. The van der Waals surface area contributed by atoms with Crippen molar-refractivity contribution in [2.45, 2.75) is 90.5 Å². The van der Waals surface area contributed by atoms with E-state index in [0.29, 0.717) is 25.9 Å². The molecule has 3 saturated heterocycles. The standard InChI is InChI=1S/C12H19NO4.C11H19NO3.C4H8O.Al.Li.4H/c1-8-6-9(10(14)16-5)13(7-8)11(15)17-12(2,3)4;1-8-5-9(7-13)12(6-8)10(14)15-11(2,3)4;1-2-4-5-3-1;;;;;;/h9H,1,6-7H2,2-5H3;9,13H,1,5-7H2,2-4H3;1-4H2;;;;;;/q;;;;+1;;;;-1/t2*9-;;;;;;;/m00......./s1. The summed E-state index contributed by atoms with van der Waals surface area (Å²) in [6.45, 7) is 21.2. The average molecular weight is 565 g/mol. The summed E-state index contributed by atoms with van der Waals surface area (Å²) in [5.74, 6) is -0.436. The van der Waals surface area contributed by atoms with Crippen LogP contribution in [0.2, 0.25) is 0 Å². The van der Waals surface area contributed by atoms with Gasteiger partial charge in [0.25, 0.3) is 0 Å². The second-order valence-corrected chi connectivity index (χ2v) is 11.3. The van der Waals surface area contributed by atoms with Crippen LogP contribution in [0, 0.1) is 0 Å². The van der Waals surface area contributed by atoms with Crippen molar-refractivity contribution in [3.05, 3.63) is 24.3 Å². The second-order valence-electron chi connectivity index (χ2n) is 11.3. The molecule has 3 rings (SSSR count). The van der Waals surface area contributed by atoms with E-state index in [1.54, 1.807) is 20.8 Å². The number of hydrogen-bond donors (Lipinski definition) is 1. The predicted octanol–water partition coefficient (Wildman–Crippen LogP) is -0.00130. The van der Waals surface area contributed by atoms with Crippen LogP contribution >= 0.6 is 0 Å². The third-order valence-electron chi connectivity index (χ3n) is 5.38. The molecule has 2 amide bonds. The van der Waals surface area contributed by atoms with Crippen LogP contribution in [-0.2, 0) is 23.7 Å². The van der Waals surface area contributed by atoms with Gasteiger partial charge in [-0.05, 0) is 60.8 Å². The fraction of sp³-hybridized carbons (Fsp3) is 0.741. The molecule has 3 fully saturated rings. The molecule has 10 nitrogen and oxygen atoms in total. The van der Waals surface area contributed by atoms with Crippen LogP contribution in [-0.4, -0.2) is 114 Å². The van der Waals surface area contributed by atoms with Crippen molar-refractivity contribution in [2.24, 2.45) is 0 Å². The topological polar surface area (TPSA) is 115 Å². The molecule has 3 aliphatic rings. The van der Waals surface area contributed by atoms with Gasteiger partial charge in [0.2, 0.25) is 0 Å². The van der Waals surface area contributed by atoms with Crippen LogP contribution in [0.15, 0.2) is 24.3 Å². The molecule has 0 radical (unpaired) electrons. The molecule has 220 valence electrons. The third-order valence-corrected chi connectivity index (χ3v) is 5.38. The van der Waals surface area contributed by atoms with Gasteiger partial charge in [-0.1, -0.05) is 24.3 Å². The molecule has 0 aromatic carbocycles. The van der Waals surface area contributed by atoms with Gasteiger partial charge in [0, 0.05) is 32.7 Å². The van der Waals surface area contributed by atoms with Gasteiger partial charge < -0.3 is 25.5 Å². The van der Waals surface area contributed by atoms with Crippen LogP contribution in [0.25, 0.3) is 0 Å². The van der Waals surface area contributed by atoms with Crippen molar-refractivity contribution in [1.29, 1.82) is 0 Å². The summed E-state index contributed by atoms with van der Waals surface area (Å²) in [5, 5.41) is 9.11. The minimum Gasteiger partial charge on any atom is -1.00 e. The zero-order chi connectivity index (χ0) is 28.4. The van der Waals surface area contributed by atoms with Gasteiger partial charge in [-0.25, -0.2) is 14.4 Å². The number of nitrogens with zero attached hydrogens (tertiary/aromatic N) is 2. The molecule has 0 unspecified atom stereocenters. The van der Waals surface area contributed by atoms with Crippen molar-refractivity contribution < 1.29 is 58.7 Å². The van der Waals surface area contributed by atoms with Crippen molar-refractivity contribution in [1.82, 2.24) is 9.80 Å². The fourth-order valence-corrected chi connectivity index (χ4v) is 3.74. The first kappa shape index (κ1) is 39.7. The number of rotatable bonds is 2. The first-order valence-electron chi connectivity index (χ1n) is 12.7. The number of carbonyl (C=O) groups excluding carboxylic acids is 3. The number of carbonyl (C=O) groups is 3. The van der Waals surface area contributed by atoms with Gasteiger partial charge in [-0.2, -0.15) is 0 Å². The van der Waals surface area contributed by atoms with E-state index in [1.807, 2.05) is 20.8 Å². The first-order valence-corrected chi connectivity index (χ1v) is 12.7. The van der Waals surface area contributed by atoms with E-state index in [9.17, 15) is 14.4 Å². The van der Waals surface area contributed by atoms with Gasteiger partial charge in [0.05, 0.1) is 19.8 Å². The maximum atomic E-state index is 11.9. The number of ether oxygens (including phenoxy) is 4. The Morgan fingerprint density at radius 2 is 1.36 bits per heavy atom. The minimum absolute atomic E-state index is 0. The zero-order valence-corrected chi connectivity index (χ0v) is 24.6. The summed E-state index contributed by atoms with van der Waals surface area (Å²) in [5.41, 5.74) is 0.703. The number of likely N-dealkylation sites (tertiary alicyclic amines) is 2. The van der Waals surface area contributed by atoms with Crippen molar-refractivity contribution in [3.8, 4) is 0 Å². The van der Waals surface area contributed by atoms with E-state index in [1.165, 1.54) is 29.8 Å². The minimum atomic E-state index is -0.609. The molecule has 0 aliphatic carbocycles. The van der Waals surface area contributed by atoms with Crippen LogP contribution in [0.3, 0.4) is 0 Å². The largest absolute Gasteiger partial charge is 1.00 e. The molecule has 0 aromatic heterocycles. The quantitative estimate of drug-likeness (QED) is 0.216. The van der Waals surface area contributed by atoms with E-state index in [0.717, 1.165) is 24.4 Å². The maximum absolute atomic E-state index is 11.9. The summed E-state index contributed by atoms with van der Waals surface area (Å²) in [6, 6.07) is -0.783. The molecule has 3 heterocycles. The monoisotopic (exact) mass is 564 g/mol. The Kier molecular flexibility index (Phi) is 18.4. The van der Waals surface area contributed by atoms with E-state index in [2.05, 4.69) is 17.9 Å². The van der Waals surface area contributed by atoms with Crippen molar-refractivity contribution >= 4 is 35.5 Å². The van der Waals surface area contributed by atoms with E-state index in [-0.39, 0.29) is 56.4 Å². The van der Waals surface area contributed by atoms with Gasteiger partial charge in [0.15, 0.2) is 17.4 Å². The third kappa shape index (κ3) is 15.2. The molecule has 0 aromatic rings. The number of amides is 2. The number of hydrogen-bond acceptors (Lipinski definition) is 8. The summed E-state index contributed by atoms with van der Waals surface area (Å²) in [4.78, 5) is 38.0. The van der Waals surface area contributed by atoms with Gasteiger partial charge >= 0.3 is 37.0 Å². The predicted molar refractivity (Wildman–Crippen MR) is 151 cm³/mol. The van der Waals surface area contributed by atoms with Crippen LogP contribution in [0.4, 0.5) is 9.59 Å². The Morgan fingerprint density at radius 1 is 0.923 bits per heavy atom. The van der Waals surface area contributed by atoms with Crippen LogP contribution < -0.4 is 18.9 Å². The van der Waals surface area contributed by atoms with E-state index >= 15 is 0 Å². The van der Waals surface area contributed by atoms with Crippen LogP contribution in [0.1, 0.15) is 68.7 Å². The molecular weight excluding hydrogens is 514 g/mol. The van der Waals surface area contributed by atoms with E-state index in [4.69, 9.17) is 19.3 Å². The van der Waals surface area contributed by atoms with E-state index < -0.39 is 29.3 Å². The molecule has 0 bridgehead atoms. The molecule has 0 saturated carbocycles. The number of aliphatic hydroxyl groups is 1. The fourth-order valence-electron chi connectivity index (χ4n) is 3.74. The zero-order valence-electron chi connectivity index (χ0n) is 25.6. The Bertz CT molecular complexity index is 821. The SMILES string of the molecule is C1CCOC1.C=C1C[C@@H](C(=O)OC)N(C(=O)OC(C)(C)C)C1.C=C1C[C@@H](CO)N(C(=O)OC(C)(C)C)C1.[AlH3].[H-].[Li+]. The average Bonchev–Trinajstić information content (AvgIpc) is 3.52. The Labute approximate surface area is 258 Å². The normalized spacial score (nSPS) is 20.4. The first-order chi connectivity index (χ1) is 17.1. The summed E-state index contributed by atoms with van der Waals surface area (Å²) < 4.78 is 20.1. The molecule has 0 spiro atoms. The summed E-state index contributed by atoms with van der Waals surface area (Å²) in [7, 11) is 1.30. The molecule has 2 atom stereocenters.